The van der Waals surface area contributed by atoms with Gasteiger partial charge >= 0.3 is 6.03 Å². The van der Waals surface area contributed by atoms with E-state index in [1.54, 1.807) is 12.1 Å². The average Bonchev–Trinajstić information content (AvgIpc) is 2.26. The van der Waals surface area contributed by atoms with E-state index in [1.807, 2.05) is 13.8 Å². The third-order valence-electron chi connectivity index (χ3n) is 2.40. The molecule has 0 atom stereocenters. The maximum Gasteiger partial charge on any atom is 0.319 e. The molecule has 0 aromatic heterocycles. The number of nitrogens with one attached hydrogen (secondary N) is 2. The molecule has 0 aliphatic carbocycles. The van der Waals surface area contributed by atoms with Crippen molar-refractivity contribution < 1.29 is 9.18 Å². The van der Waals surface area contributed by atoms with Crippen molar-refractivity contribution >= 4 is 11.7 Å². The van der Waals surface area contributed by atoms with Gasteiger partial charge in [0.15, 0.2) is 0 Å². The highest BCUT2D eigenvalue weighted by molar-refractivity contribution is 5.89. The Morgan fingerprint density at radius 2 is 2.06 bits per heavy atom. The summed E-state index contributed by atoms with van der Waals surface area (Å²) in [6.45, 7) is 4.02. The smallest absolute Gasteiger partial charge is 0.319 e. The molecule has 88 valence electrons. The highest BCUT2D eigenvalue weighted by Crippen LogP contribution is 2.09. The van der Waals surface area contributed by atoms with Gasteiger partial charge < -0.3 is 10.6 Å². The first kappa shape index (κ1) is 12.5. The molecule has 1 aromatic carbocycles. The number of carbonyl (C=O) groups excluding carboxylic acids is 1. The van der Waals surface area contributed by atoms with Crippen LogP contribution in [-0.2, 0) is 0 Å². The Hall–Kier alpha value is -1.58. The van der Waals surface area contributed by atoms with Gasteiger partial charge in [-0.05, 0) is 31.0 Å². The van der Waals surface area contributed by atoms with E-state index in [1.165, 1.54) is 12.1 Å². The van der Waals surface area contributed by atoms with Gasteiger partial charge in [0.1, 0.15) is 5.82 Å². The Bertz CT molecular complexity index is 351. The highest BCUT2D eigenvalue weighted by atomic mass is 19.1. The molecule has 16 heavy (non-hydrogen) atoms. The van der Waals surface area contributed by atoms with Crippen LogP contribution >= 0.6 is 0 Å². The van der Waals surface area contributed by atoms with Crippen molar-refractivity contribution in [1.82, 2.24) is 5.32 Å². The molecule has 4 heteroatoms. The lowest BCUT2D eigenvalue weighted by atomic mass is 10.2. The molecule has 0 unspecified atom stereocenters. The molecule has 2 N–H and O–H groups in total. The summed E-state index contributed by atoms with van der Waals surface area (Å²) in [6, 6.07) is 5.70. The van der Waals surface area contributed by atoms with Crippen LogP contribution in [0.2, 0.25) is 0 Å². The van der Waals surface area contributed by atoms with Crippen molar-refractivity contribution in [3.05, 3.63) is 30.1 Å². The van der Waals surface area contributed by atoms with Crippen molar-refractivity contribution in [2.45, 2.75) is 32.7 Å². The van der Waals surface area contributed by atoms with Crippen LogP contribution < -0.4 is 10.6 Å². The van der Waals surface area contributed by atoms with Gasteiger partial charge in [-0.1, -0.05) is 19.9 Å². The average molecular weight is 224 g/mol. The summed E-state index contributed by atoms with van der Waals surface area (Å²) in [4.78, 5) is 11.5. The number of amides is 2. The molecule has 0 radical (unpaired) electrons. The lowest BCUT2D eigenvalue weighted by Crippen LogP contribution is -2.37. The molecule has 0 aliphatic heterocycles. The predicted molar refractivity (Wildman–Crippen MR) is 62.9 cm³/mol. The van der Waals surface area contributed by atoms with Crippen LogP contribution in [0.1, 0.15) is 26.7 Å². The number of halogens is 1. The lowest BCUT2D eigenvalue weighted by Gasteiger charge is -2.15. The zero-order valence-electron chi connectivity index (χ0n) is 9.59. The molecule has 0 fully saturated rings. The second-order valence-electron chi connectivity index (χ2n) is 3.62. The second-order valence-corrected chi connectivity index (χ2v) is 3.62. The largest absolute Gasteiger partial charge is 0.335 e. The van der Waals surface area contributed by atoms with Crippen molar-refractivity contribution in [1.29, 1.82) is 0 Å². The maximum absolute atomic E-state index is 12.8. The fourth-order valence-corrected chi connectivity index (χ4v) is 1.41. The Labute approximate surface area is 95.0 Å². The zero-order valence-corrected chi connectivity index (χ0v) is 9.59. The Morgan fingerprint density at radius 1 is 1.38 bits per heavy atom. The number of hydrogen-bond donors (Lipinski definition) is 2. The van der Waals surface area contributed by atoms with Crippen molar-refractivity contribution in [3.63, 3.8) is 0 Å². The van der Waals surface area contributed by atoms with Gasteiger partial charge in [-0.3, -0.25) is 0 Å². The van der Waals surface area contributed by atoms with E-state index in [4.69, 9.17) is 0 Å². The molecule has 1 rings (SSSR count). The number of urea groups is 1. The summed E-state index contributed by atoms with van der Waals surface area (Å²) in [5, 5.41) is 5.40. The van der Waals surface area contributed by atoms with E-state index in [0.717, 1.165) is 12.8 Å². The van der Waals surface area contributed by atoms with Gasteiger partial charge in [0, 0.05) is 11.7 Å². The van der Waals surface area contributed by atoms with E-state index >= 15 is 0 Å². The predicted octanol–water partition coefficient (Wildman–Crippen LogP) is 3.14. The van der Waals surface area contributed by atoms with E-state index in [9.17, 15) is 9.18 Å². The minimum Gasteiger partial charge on any atom is -0.335 e. The van der Waals surface area contributed by atoms with Crippen LogP contribution in [0, 0.1) is 5.82 Å². The molecule has 0 aliphatic rings. The van der Waals surface area contributed by atoms with Crippen LogP contribution in [0.3, 0.4) is 0 Å². The minimum absolute atomic E-state index is 0.161. The molecule has 0 saturated carbocycles. The summed E-state index contributed by atoms with van der Waals surface area (Å²) in [7, 11) is 0. The standard InChI is InChI=1S/C12H17FN2O/c1-3-10(4-2)14-12(16)15-11-7-5-6-9(13)8-11/h5-8,10H,3-4H2,1-2H3,(H2,14,15,16). The minimum atomic E-state index is -0.361. The van der Waals surface area contributed by atoms with Gasteiger partial charge in [-0.2, -0.15) is 0 Å². The van der Waals surface area contributed by atoms with Crippen LogP contribution in [0.15, 0.2) is 24.3 Å². The zero-order chi connectivity index (χ0) is 12.0. The monoisotopic (exact) mass is 224 g/mol. The van der Waals surface area contributed by atoms with Crippen molar-refractivity contribution in [2.24, 2.45) is 0 Å². The van der Waals surface area contributed by atoms with Crippen LogP contribution in [0.25, 0.3) is 0 Å². The third-order valence-corrected chi connectivity index (χ3v) is 2.40. The van der Waals surface area contributed by atoms with E-state index < -0.39 is 0 Å². The number of hydrogen-bond acceptors (Lipinski definition) is 1. The molecule has 2 amide bonds. The Kier molecular flexibility index (Phi) is 4.76. The first-order valence-corrected chi connectivity index (χ1v) is 5.48. The van der Waals surface area contributed by atoms with Gasteiger partial charge in [0.2, 0.25) is 0 Å². The molecule has 0 bridgehead atoms. The Morgan fingerprint density at radius 3 is 2.62 bits per heavy atom. The van der Waals surface area contributed by atoms with E-state index in [0.29, 0.717) is 5.69 Å². The quantitative estimate of drug-likeness (QED) is 0.810. The fraction of sp³-hybridized carbons (Fsp3) is 0.417. The normalized spacial score (nSPS) is 10.2. The maximum atomic E-state index is 12.8. The van der Waals surface area contributed by atoms with Crippen LogP contribution in [0.5, 0.6) is 0 Å². The van der Waals surface area contributed by atoms with Crippen molar-refractivity contribution in [3.8, 4) is 0 Å². The van der Waals surface area contributed by atoms with E-state index in [-0.39, 0.29) is 17.9 Å². The molecule has 3 nitrogen and oxygen atoms in total. The molecule has 0 heterocycles. The van der Waals surface area contributed by atoms with Gasteiger partial charge in [0.25, 0.3) is 0 Å². The fourth-order valence-electron chi connectivity index (χ4n) is 1.41. The first-order valence-electron chi connectivity index (χ1n) is 5.48. The molecular weight excluding hydrogens is 207 g/mol. The first-order chi connectivity index (χ1) is 7.65. The molecular formula is C12H17FN2O. The number of rotatable bonds is 4. The lowest BCUT2D eigenvalue weighted by molar-refractivity contribution is 0.247. The third kappa shape index (κ3) is 3.88. The summed E-state index contributed by atoms with van der Waals surface area (Å²) in [5.74, 6) is -0.361. The number of anilines is 1. The Balaban J connectivity index is 2.51. The highest BCUT2D eigenvalue weighted by Gasteiger charge is 2.07. The van der Waals surface area contributed by atoms with E-state index in [2.05, 4.69) is 10.6 Å². The van der Waals surface area contributed by atoms with Crippen molar-refractivity contribution in [2.75, 3.05) is 5.32 Å². The topological polar surface area (TPSA) is 41.1 Å². The van der Waals surface area contributed by atoms with Gasteiger partial charge in [-0.25, -0.2) is 9.18 Å². The van der Waals surface area contributed by atoms with Crippen LogP contribution in [0.4, 0.5) is 14.9 Å². The summed E-state index contributed by atoms with van der Waals surface area (Å²) in [5.41, 5.74) is 0.462. The molecule has 0 saturated heterocycles. The number of benzene rings is 1. The summed E-state index contributed by atoms with van der Waals surface area (Å²) < 4.78 is 12.8. The molecule has 0 spiro atoms. The summed E-state index contributed by atoms with van der Waals surface area (Å²) >= 11 is 0. The summed E-state index contributed by atoms with van der Waals surface area (Å²) in [6.07, 6.45) is 1.76. The number of carbonyl (C=O) groups is 1. The second kappa shape index (κ2) is 6.10. The van der Waals surface area contributed by atoms with Gasteiger partial charge in [0.05, 0.1) is 0 Å². The van der Waals surface area contributed by atoms with Crippen LogP contribution in [-0.4, -0.2) is 12.1 Å². The van der Waals surface area contributed by atoms with Gasteiger partial charge in [-0.15, -0.1) is 0 Å². The molecule has 1 aromatic rings. The SMILES string of the molecule is CCC(CC)NC(=O)Nc1cccc(F)c1.